The molecule has 2 amide bonds. The summed E-state index contributed by atoms with van der Waals surface area (Å²) in [6.07, 6.45) is 5.27. The molecule has 0 aliphatic heterocycles. The number of benzene rings is 2. The summed E-state index contributed by atoms with van der Waals surface area (Å²) in [6.45, 7) is 0.0834. The molecule has 10 nitrogen and oxygen atoms in total. The summed E-state index contributed by atoms with van der Waals surface area (Å²) >= 11 is 0. The number of methoxy groups -OCH3 is 4. The maximum absolute atomic E-state index is 13.8. The summed E-state index contributed by atoms with van der Waals surface area (Å²) in [4.78, 5) is 28.4. The van der Waals surface area contributed by atoms with Gasteiger partial charge in [0.05, 0.1) is 34.9 Å². The predicted octanol–water partition coefficient (Wildman–Crippen LogP) is 3.78. The van der Waals surface area contributed by atoms with E-state index in [9.17, 15) is 14.0 Å². The van der Waals surface area contributed by atoms with Crippen molar-refractivity contribution in [3.8, 4) is 23.0 Å². The zero-order valence-corrected chi connectivity index (χ0v) is 23.6. The number of ether oxygens (including phenoxy) is 4. The van der Waals surface area contributed by atoms with Gasteiger partial charge in [0.25, 0.3) is 0 Å². The number of carbonyl (C=O) groups excluding carboxylic acids is 2. The molecule has 1 aliphatic rings. The highest BCUT2D eigenvalue weighted by molar-refractivity contribution is 6.01. The molecular formula is C29H39FN4O6. The standard InChI is InChI=1S/C29H39FN4O6/c1-37-23-13-11-20(26(39-3)27(23)40-4)16-25(35)34(29(31)32)22(14-18-8-6-5-7-9-18)28(36)33-17-19-10-12-21(30)24(15-19)38-2/h10-13,15,18,22H,5-9,14,16-17H2,1-4H3,(H3,31,32)(H,33,36)/t22-/m1/s1. The quantitative estimate of drug-likeness (QED) is 0.266. The van der Waals surface area contributed by atoms with Gasteiger partial charge in [-0.25, -0.2) is 4.39 Å². The Labute approximate surface area is 234 Å². The highest BCUT2D eigenvalue weighted by Crippen LogP contribution is 2.40. The molecule has 0 aromatic heterocycles. The van der Waals surface area contributed by atoms with E-state index in [1.54, 1.807) is 18.2 Å². The van der Waals surface area contributed by atoms with Crippen LogP contribution >= 0.6 is 0 Å². The summed E-state index contributed by atoms with van der Waals surface area (Å²) < 4.78 is 35.2. The summed E-state index contributed by atoms with van der Waals surface area (Å²) in [5, 5.41) is 11.1. The number of hydrogen-bond donors (Lipinski definition) is 3. The Bertz CT molecular complexity index is 1200. The fourth-order valence-corrected chi connectivity index (χ4v) is 5.22. The van der Waals surface area contributed by atoms with E-state index < -0.39 is 29.6 Å². The Morgan fingerprint density at radius 2 is 1.68 bits per heavy atom. The summed E-state index contributed by atoms with van der Waals surface area (Å²) in [6, 6.07) is 6.65. The molecule has 0 heterocycles. The number of guanidine groups is 1. The molecule has 0 unspecified atom stereocenters. The van der Waals surface area contributed by atoms with Crippen molar-refractivity contribution in [2.45, 2.75) is 57.5 Å². The van der Waals surface area contributed by atoms with Gasteiger partial charge >= 0.3 is 0 Å². The van der Waals surface area contributed by atoms with Crippen LogP contribution < -0.4 is 30.0 Å². The molecular weight excluding hydrogens is 519 g/mol. The maximum Gasteiger partial charge on any atom is 0.243 e. The van der Waals surface area contributed by atoms with Gasteiger partial charge in [0.2, 0.25) is 17.6 Å². The Morgan fingerprint density at radius 1 is 1.00 bits per heavy atom. The SMILES string of the molecule is COc1cc(CNC(=O)[C@@H](CC2CCCCC2)N(C(=N)N)C(=O)Cc2ccc(OC)c(OC)c2OC)ccc1F. The third kappa shape index (κ3) is 7.34. The maximum atomic E-state index is 13.8. The molecule has 2 aromatic carbocycles. The van der Waals surface area contributed by atoms with Gasteiger partial charge in [-0.05, 0) is 36.1 Å². The Morgan fingerprint density at radius 3 is 2.27 bits per heavy atom. The first-order valence-corrected chi connectivity index (χ1v) is 13.3. The van der Waals surface area contributed by atoms with E-state index in [1.165, 1.54) is 40.6 Å². The number of carbonyl (C=O) groups is 2. The van der Waals surface area contributed by atoms with Crippen LogP contribution in [0.15, 0.2) is 30.3 Å². The van der Waals surface area contributed by atoms with Crippen LogP contribution in [0.1, 0.15) is 49.7 Å². The minimum atomic E-state index is -0.999. The number of amides is 2. The normalized spacial score (nSPS) is 14.1. The first kappa shape index (κ1) is 30.5. The number of nitrogens with one attached hydrogen (secondary N) is 2. The molecule has 0 saturated heterocycles. The first-order chi connectivity index (χ1) is 19.2. The minimum Gasteiger partial charge on any atom is -0.494 e. The van der Waals surface area contributed by atoms with Crippen LogP contribution in [0.4, 0.5) is 4.39 Å². The third-order valence-corrected chi connectivity index (χ3v) is 7.23. The zero-order valence-electron chi connectivity index (χ0n) is 23.6. The monoisotopic (exact) mass is 558 g/mol. The van der Waals surface area contributed by atoms with Crippen molar-refractivity contribution in [3.63, 3.8) is 0 Å². The molecule has 4 N–H and O–H groups in total. The van der Waals surface area contributed by atoms with E-state index in [0.717, 1.165) is 37.0 Å². The number of rotatable bonds is 12. The predicted molar refractivity (Wildman–Crippen MR) is 148 cm³/mol. The second kappa shape index (κ2) is 14.4. The van der Waals surface area contributed by atoms with Crippen molar-refractivity contribution < 1.29 is 32.9 Å². The largest absolute Gasteiger partial charge is 0.494 e. The lowest BCUT2D eigenvalue weighted by Crippen LogP contribution is -2.55. The van der Waals surface area contributed by atoms with Crippen LogP contribution in [0.25, 0.3) is 0 Å². The zero-order chi connectivity index (χ0) is 29.2. The molecule has 0 bridgehead atoms. The molecule has 11 heteroatoms. The second-order valence-corrected chi connectivity index (χ2v) is 9.76. The van der Waals surface area contributed by atoms with Gasteiger partial charge in [-0.3, -0.25) is 19.9 Å². The van der Waals surface area contributed by atoms with Crippen molar-refractivity contribution >= 4 is 17.8 Å². The highest BCUT2D eigenvalue weighted by atomic mass is 19.1. The average molecular weight is 559 g/mol. The van der Waals surface area contributed by atoms with Gasteiger partial charge in [0, 0.05) is 12.1 Å². The highest BCUT2D eigenvalue weighted by Gasteiger charge is 2.35. The van der Waals surface area contributed by atoms with Crippen LogP contribution in [-0.2, 0) is 22.6 Å². The Hall–Kier alpha value is -4.02. The first-order valence-electron chi connectivity index (χ1n) is 13.3. The Balaban J connectivity index is 1.88. The molecule has 40 heavy (non-hydrogen) atoms. The number of halogens is 1. The van der Waals surface area contributed by atoms with E-state index in [2.05, 4.69) is 5.32 Å². The van der Waals surface area contributed by atoms with E-state index in [1.807, 2.05) is 0 Å². The molecule has 1 atom stereocenters. The lowest BCUT2D eigenvalue weighted by Gasteiger charge is -2.33. The van der Waals surface area contributed by atoms with Crippen molar-refractivity contribution in [3.05, 3.63) is 47.3 Å². The average Bonchev–Trinajstić information content (AvgIpc) is 2.96. The van der Waals surface area contributed by atoms with Gasteiger partial charge in [0.15, 0.2) is 29.0 Å². The van der Waals surface area contributed by atoms with Gasteiger partial charge in [-0.2, -0.15) is 0 Å². The molecule has 1 aliphatic carbocycles. The summed E-state index contributed by atoms with van der Waals surface area (Å²) in [5.41, 5.74) is 7.06. The Kier molecular flexibility index (Phi) is 11.0. The summed E-state index contributed by atoms with van der Waals surface area (Å²) in [5.74, 6) is -0.653. The van der Waals surface area contributed by atoms with Gasteiger partial charge in [-0.1, -0.05) is 44.2 Å². The van der Waals surface area contributed by atoms with Gasteiger partial charge < -0.3 is 30.0 Å². The lowest BCUT2D eigenvalue weighted by atomic mass is 9.84. The van der Waals surface area contributed by atoms with Crippen LogP contribution in [0.5, 0.6) is 23.0 Å². The van der Waals surface area contributed by atoms with Crippen LogP contribution in [0.3, 0.4) is 0 Å². The molecule has 0 spiro atoms. The van der Waals surface area contributed by atoms with Crippen LogP contribution in [-0.4, -0.2) is 57.2 Å². The molecule has 1 saturated carbocycles. The molecule has 0 radical (unpaired) electrons. The van der Waals surface area contributed by atoms with Crippen LogP contribution in [0, 0.1) is 17.1 Å². The summed E-state index contributed by atoms with van der Waals surface area (Å²) in [7, 11) is 5.79. The molecule has 3 rings (SSSR count). The fraction of sp³-hybridized carbons (Fsp3) is 0.483. The lowest BCUT2D eigenvalue weighted by molar-refractivity contribution is -0.136. The van der Waals surface area contributed by atoms with E-state index >= 15 is 0 Å². The van der Waals surface area contributed by atoms with Gasteiger partial charge in [0.1, 0.15) is 6.04 Å². The van der Waals surface area contributed by atoms with Crippen molar-refractivity contribution in [2.75, 3.05) is 28.4 Å². The van der Waals surface area contributed by atoms with Crippen molar-refractivity contribution in [1.82, 2.24) is 10.2 Å². The number of nitrogens with zero attached hydrogens (tertiary/aromatic N) is 1. The molecule has 1 fully saturated rings. The second-order valence-electron chi connectivity index (χ2n) is 9.76. The smallest absolute Gasteiger partial charge is 0.243 e. The van der Waals surface area contributed by atoms with Crippen LogP contribution in [0.2, 0.25) is 0 Å². The molecule has 218 valence electrons. The van der Waals surface area contributed by atoms with E-state index in [-0.39, 0.29) is 24.6 Å². The number of nitrogens with two attached hydrogens (primary N) is 1. The van der Waals surface area contributed by atoms with E-state index in [4.69, 9.17) is 30.1 Å². The third-order valence-electron chi connectivity index (χ3n) is 7.23. The van der Waals surface area contributed by atoms with Crippen molar-refractivity contribution in [2.24, 2.45) is 11.7 Å². The minimum absolute atomic E-state index is 0.0647. The fourth-order valence-electron chi connectivity index (χ4n) is 5.22. The van der Waals surface area contributed by atoms with E-state index in [0.29, 0.717) is 34.8 Å². The van der Waals surface area contributed by atoms with Gasteiger partial charge in [-0.15, -0.1) is 0 Å². The molecule has 2 aromatic rings. The topological polar surface area (TPSA) is 136 Å². The number of hydrogen-bond acceptors (Lipinski definition) is 7. The van der Waals surface area contributed by atoms with Crippen molar-refractivity contribution in [1.29, 1.82) is 5.41 Å².